The topological polar surface area (TPSA) is 67.2 Å². The molecule has 0 spiro atoms. The van der Waals surface area contributed by atoms with Crippen molar-refractivity contribution in [2.45, 2.75) is 31.8 Å². The number of nitrogens with zero attached hydrogens (tertiary/aromatic N) is 2. The first-order chi connectivity index (χ1) is 11.5. The van der Waals surface area contributed by atoms with E-state index in [2.05, 4.69) is 10.4 Å². The van der Waals surface area contributed by atoms with Gasteiger partial charge in [-0.1, -0.05) is 0 Å². The average Bonchev–Trinajstić information content (AvgIpc) is 2.94. The molecular formula is C18H20FN3O2. The molecule has 0 bridgehead atoms. The van der Waals surface area contributed by atoms with Crippen molar-refractivity contribution in [1.29, 1.82) is 0 Å². The molecule has 24 heavy (non-hydrogen) atoms. The Bertz CT molecular complexity index is 786. The molecule has 126 valence electrons. The molecule has 2 N–H and O–H groups in total. The summed E-state index contributed by atoms with van der Waals surface area (Å²) in [6.45, 7) is 0.633. The van der Waals surface area contributed by atoms with Crippen LogP contribution < -0.4 is 5.32 Å². The maximum Gasteiger partial charge on any atom is 0.309 e. The molecule has 0 aliphatic heterocycles. The number of aryl methyl sites for hydroxylation is 1. The molecule has 0 radical (unpaired) electrons. The van der Waals surface area contributed by atoms with Crippen molar-refractivity contribution in [3.05, 3.63) is 41.8 Å². The Morgan fingerprint density at radius 1 is 1.42 bits per heavy atom. The first-order valence-electron chi connectivity index (χ1n) is 8.23. The molecule has 0 unspecified atom stereocenters. The van der Waals surface area contributed by atoms with Crippen molar-refractivity contribution < 1.29 is 14.3 Å². The molecule has 0 saturated heterocycles. The van der Waals surface area contributed by atoms with Gasteiger partial charge in [0.15, 0.2) is 0 Å². The summed E-state index contributed by atoms with van der Waals surface area (Å²) in [7, 11) is 1.86. The number of carboxylic acids is 1. The Labute approximate surface area is 139 Å². The van der Waals surface area contributed by atoms with E-state index in [9.17, 15) is 14.3 Å². The van der Waals surface area contributed by atoms with Crippen LogP contribution in [0.25, 0.3) is 11.3 Å². The number of halogens is 1. The maximum atomic E-state index is 13.1. The number of nitrogens with one attached hydrogen (secondary N) is 1. The highest BCUT2D eigenvalue weighted by Crippen LogP contribution is 2.63. The first-order valence-corrected chi connectivity index (χ1v) is 8.23. The van der Waals surface area contributed by atoms with E-state index in [1.54, 1.807) is 16.8 Å². The molecule has 2 aliphatic carbocycles. The van der Waals surface area contributed by atoms with Gasteiger partial charge in [0.25, 0.3) is 0 Å². The van der Waals surface area contributed by atoms with Crippen molar-refractivity contribution in [2.24, 2.45) is 18.4 Å². The van der Waals surface area contributed by atoms with Crippen LogP contribution in [0.3, 0.4) is 0 Å². The average molecular weight is 329 g/mol. The fraction of sp³-hybridized carbons (Fsp3) is 0.444. The number of rotatable bonds is 5. The molecule has 1 aromatic heterocycles. The van der Waals surface area contributed by atoms with Crippen LogP contribution in [0.1, 0.15) is 24.8 Å². The van der Waals surface area contributed by atoms with Crippen LogP contribution >= 0.6 is 0 Å². The van der Waals surface area contributed by atoms with E-state index in [-0.39, 0.29) is 11.9 Å². The SMILES string of the molecule is Cn1cc(CN[C@@H]2C[C@H]3C[C@@]3(C(=O)O)C2)c(-c2ccc(F)cc2)n1. The molecule has 1 aromatic carbocycles. The van der Waals surface area contributed by atoms with E-state index in [0.717, 1.165) is 29.7 Å². The molecular weight excluding hydrogens is 309 g/mol. The molecule has 2 fully saturated rings. The van der Waals surface area contributed by atoms with E-state index < -0.39 is 11.4 Å². The van der Waals surface area contributed by atoms with Crippen molar-refractivity contribution in [3.63, 3.8) is 0 Å². The molecule has 4 rings (SSSR count). The highest BCUT2D eigenvalue weighted by molar-refractivity contribution is 5.79. The summed E-state index contributed by atoms with van der Waals surface area (Å²) in [6.07, 6.45) is 4.42. The van der Waals surface area contributed by atoms with Gasteiger partial charge in [-0.05, 0) is 49.4 Å². The van der Waals surface area contributed by atoms with Gasteiger partial charge in [-0.3, -0.25) is 9.48 Å². The molecule has 3 atom stereocenters. The molecule has 0 amide bonds. The Kier molecular flexibility index (Phi) is 3.46. The Balaban J connectivity index is 1.46. The second-order valence-corrected chi connectivity index (χ2v) is 7.06. The quantitative estimate of drug-likeness (QED) is 0.885. The smallest absolute Gasteiger partial charge is 0.309 e. The van der Waals surface area contributed by atoms with E-state index in [0.29, 0.717) is 18.9 Å². The molecule has 2 aromatic rings. The second kappa shape index (κ2) is 5.41. The number of carboxylic acid groups (broad SMARTS) is 1. The number of carbonyl (C=O) groups is 1. The lowest BCUT2D eigenvalue weighted by Crippen LogP contribution is -2.29. The third-order valence-electron chi connectivity index (χ3n) is 5.44. The Morgan fingerprint density at radius 3 is 2.83 bits per heavy atom. The minimum absolute atomic E-state index is 0.237. The van der Waals surface area contributed by atoms with E-state index >= 15 is 0 Å². The lowest BCUT2D eigenvalue weighted by Gasteiger charge is -2.15. The van der Waals surface area contributed by atoms with Crippen LogP contribution in [0, 0.1) is 17.2 Å². The van der Waals surface area contributed by atoms with Gasteiger partial charge in [-0.15, -0.1) is 0 Å². The minimum Gasteiger partial charge on any atom is -0.481 e. The van der Waals surface area contributed by atoms with Crippen LogP contribution in [-0.4, -0.2) is 26.9 Å². The van der Waals surface area contributed by atoms with Gasteiger partial charge in [-0.2, -0.15) is 5.10 Å². The van der Waals surface area contributed by atoms with Crippen LogP contribution in [0.5, 0.6) is 0 Å². The summed E-state index contributed by atoms with van der Waals surface area (Å²) in [5.41, 5.74) is 2.28. The Morgan fingerprint density at radius 2 is 2.17 bits per heavy atom. The predicted octanol–water partition coefficient (Wildman–Crippen LogP) is 2.57. The molecule has 6 heteroatoms. The molecule has 2 aliphatic rings. The number of hydrogen-bond donors (Lipinski definition) is 2. The summed E-state index contributed by atoms with van der Waals surface area (Å²) < 4.78 is 14.9. The van der Waals surface area contributed by atoms with Gasteiger partial charge in [0.2, 0.25) is 0 Å². The van der Waals surface area contributed by atoms with Crippen LogP contribution in [-0.2, 0) is 18.4 Å². The third kappa shape index (κ3) is 2.51. The largest absolute Gasteiger partial charge is 0.481 e. The highest BCUT2D eigenvalue weighted by Gasteiger charge is 2.65. The minimum atomic E-state index is -0.648. The van der Waals surface area contributed by atoms with E-state index in [4.69, 9.17) is 0 Å². The van der Waals surface area contributed by atoms with E-state index in [1.165, 1.54) is 12.1 Å². The fourth-order valence-corrected chi connectivity index (χ4v) is 4.08. The lowest BCUT2D eigenvalue weighted by atomic mass is 10.0. The lowest BCUT2D eigenvalue weighted by molar-refractivity contribution is -0.143. The van der Waals surface area contributed by atoms with Crippen molar-refractivity contribution >= 4 is 5.97 Å². The molecule has 2 saturated carbocycles. The number of benzene rings is 1. The standard InChI is InChI=1S/C18H20FN3O2/c1-22-10-12(16(21-22)11-2-4-14(19)5-3-11)9-20-15-6-13-7-18(13,8-15)17(23)24/h2-5,10,13,15,20H,6-9H2,1H3,(H,23,24)/t13-,15+,18+/m0/s1. The number of aliphatic carboxylic acids is 1. The predicted molar refractivity (Wildman–Crippen MR) is 86.6 cm³/mol. The van der Waals surface area contributed by atoms with E-state index in [1.807, 2.05) is 13.2 Å². The first kappa shape index (κ1) is 15.3. The fourth-order valence-electron chi connectivity index (χ4n) is 4.08. The van der Waals surface area contributed by atoms with Gasteiger partial charge < -0.3 is 10.4 Å². The van der Waals surface area contributed by atoms with Crippen LogP contribution in [0.4, 0.5) is 4.39 Å². The van der Waals surface area contributed by atoms with Crippen molar-refractivity contribution in [1.82, 2.24) is 15.1 Å². The van der Waals surface area contributed by atoms with Crippen molar-refractivity contribution in [3.8, 4) is 11.3 Å². The number of fused-ring (bicyclic) bond motifs is 1. The summed E-state index contributed by atoms with van der Waals surface area (Å²) in [5.74, 6) is -0.582. The summed E-state index contributed by atoms with van der Waals surface area (Å²) in [6, 6.07) is 6.56. The van der Waals surface area contributed by atoms with Gasteiger partial charge >= 0.3 is 5.97 Å². The molecule has 1 heterocycles. The zero-order valence-corrected chi connectivity index (χ0v) is 13.5. The number of hydrogen-bond acceptors (Lipinski definition) is 3. The van der Waals surface area contributed by atoms with Crippen LogP contribution in [0.2, 0.25) is 0 Å². The summed E-state index contributed by atoms with van der Waals surface area (Å²) in [5, 5.41) is 17.3. The molecule has 5 nitrogen and oxygen atoms in total. The zero-order valence-electron chi connectivity index (χ0n) is 13.5. The zero-order chi connectivity index (χ0) is 16.9. The Hall–Kier alpha value is -2.21. The van der Waals surface area contributed by atoms with Crippen LogP contribution in [0.15, 0.2) is 30.5 Å². The second-order valence-electron chi connectivity index (χ2n) is 7.06. The highest BCUT2D eigenvalue weighted by atomic mass is 19.1. The summed E-state index contributed by atoms with van der Waals surface area (Å²) in [4.78, 5) is 11.4. The van der Waals surface area contributed by atoms with Gasteiger partial charge in [0.1, 0.15) is 5.82 Å². The monoisotopic (exact) mass is 329 g/mol. The van der Waals surface area contributed by atoms with Gasteiger partial charge in [0.05, 0.1) is 11.1 Å². The third-order valence-corrected chi connectivity index (χ3v) is 5.44. The van der Waals surface area contributed by atoms with Gasteiger partial charge in [0, 0.05) is 37.0 Å². The number of aromatic nitrogens is 2. The normalized spacial score (nSPS) is 27.9. The maximum absolute atomic E-state index is 13.1. The van der Waals surface area contributed by atoms with Gasteiger partial charge in [-0.25, -0.2) is 4.39 Å². The van der Waals surface area contributed by atoms with Crippen molar-refractivity contribution in [2.75, 3.05) is 0 Å². The summed E-state index contributed by atoms with van der Waals surface area (Å²) >= 11 is 0.